The smallest absolute Gasteiger partial charge is 0.304 e. The van der Waals surface area contributed by atoms with Crippen molar-refractivity contribution in [2.45, 2.75) is 25.7 Å². The maximum Gasteiger partial charge on any atom is 0.304 e. The van der Waals surface area contributed by atoms with Gasteiger partial charge in [0.1, 0.15) is 0 Å². The van der Waals surface area contributed by atoms with Gasteiger partial charge in [0.2, 0.25) is 0 Å². The molecule has 0 bridgehead atoms. The number of carboxylic acids is 1. The van der Waals surface area contributed by atoms with Crippen molar-refractivity contribution >= 4 is 5.97 Å². The number of hydroxylamine groups is 3. The summed E-state index contributed by atoms with van der Waals surface area (Å²) >= 11 is 0. The van der Waals surface area contributed by atoms with Crippen LogP contribution >= 0.6 is 0 Å². The maximum absolute atomic E-state index is 11.9. The molecule has 1 aliphatic heterocycles. The Bertz CT molecular complexity index is 203. The predicted molar refractivity (Wildman–Crippen MR) is 57.2 cm³/mol. The molecule has 0 unspecified atom stereocenters. The quantitative estimate of drug-likeness (QED) is 0.370. The minimum atomic E-state index is -0.783. The lowest BCUT2D eigenvalue weighted by Crippen LogP contribution is -2.40. The summed E-state index contributed by atoms with van der Waals surface area (Å²) in [6.45, 7) is 3.42. The Morgan fingerprint density at radius 1 is 1.33 bits per heavy atom. The van der Waals surface area contributed by atoms with Crippen molar-refractivity contribution in [3.63, 3.8) is 0 Å². The standard InChI is InChI=1S/C10H20N2O3/c13-10(14)4-6-11-5-3-9-12(15)7-1-2-8-12/h11H,1-9H2,(H,13,14). The number of nitrogens with one attached hydrogen (secondary N) is 1. The number of hydrogen-bond donors (Lipinski definition) is 2. The minimum absolute atomic E-state index is 0.0411. The number of nitrogens with zero attached hydrogens (tertiary/aromatic N) is 1. The highest BCUT2D eigenvalue weighted by Crippen LogP contribution is 2.17. The van der Waals surface area contributed by atoms with Gasteiger partial charge >= 0.3 is 5.97 Å². The molecule has 0 atom stereocenters. The van der Waals surface area contributed by atoms with E-state index < -0.39 is 5.97 Å². The SMILES string of the molecule is O=C(O)CCNCCC[N+]1([O-])CCCC1. The monoisotopic (exact) mass is 216 g/mol. The van der Waals surface area contributed by atoms with E-state index in [9.17, 15) is 10.0 Å². The fourth-order valence-corrected chi connectivity index (χ4v) is 1.95. The molecule has 1 fully saturated rings. The molecular weight excluding hydrogens is 196 g/mol. The van der Waals surface area contributed by atoms with E-state index in [0.29, 0.717) is 13.1 Å². The molecular formula is C10H20N2O3. The fraction of sp³-hybridized carbons (Fsp3) is 0.900. The molecule has 0 saturated carbocycles. The van der Waals surface area contributed by atoms with E-state index in [1.807, 2.05) is 0 Å². The summed E-state index contributed by atoms with van der Waals surface area (Å²) in [5.41, 5.74) is 0. The second-order valence-electron chi connectivity index (χ2n) is 4.18. The van der Waals surface area contributed by atoms with Crippen molar-refractivity contribution in [3.05, 3.63) is 5.21 Å². The number of likely N-dealkylation sites (tertiary alicyclic amines) is 1. The molecule has 0 amide bonds. The summed E-state index contributed by atoms with van der Waals surface area (Å²) in [4.78, 5) is 10.2. The minimum Gasteiger partial charge on any atom is -0.633 e. The van der Waals surface area contributed by atoms with Gasteiger partial charge in [0.15, 0.2) is 0 Å². The zero-order chi connectivity index (χ0) is 11.1. The Morgan fingerprint density at radius 3 is 2.60 bits per heavy atom. The van der Waals surface area contributed by atoms with Crippen LogP contribution in [0.2, 0.25) is 0 Å². The highest BCUT2D eigenvalue weighted by molar-refractivity contribution is 5.66. The molecule has 0 aromatic carbocycles. The van der Waals surface area contributed by atoms with Crippen LogP contribution in [0.15, 0.2) is 0 Å². The average molecular weight is 216 g/mol. The van der Waals surface area contributed by atoms with Crippen molar-refractivity contribution < 1.29 is 14.5 Å². The van der Waals surface area contributed by atoms with Gasteiger partial charge in [-0.25, -0.2) is 0 Å². The number of rotatable bonds is 7. The average Bonchev–Trinajstić information content (AvgIpc) is 2.58. The molecule has 15 heavy (non-hydrogen) atoms. The number of quaternary nitrogens is 1. The topological polar surface area (TPSA) is 72.4 Å². The second kappa shape index (κ2) is 6.05. The normalized spacial score (nSPS) is 19.3. The fourth-order valence-electron chi connectivity index (χ4n) is 1.95. The molecule has 0 spiro atoms. The van der Waals surface area contributed by atoms with Crippen LogP contribution in [0.1, 0.15) is 25.7 Å². The van der Waals surface area contributed by atoms with E-state index in [0.717, 1.165) is 38.9 Å². The van der Waals surface area contributed by atoms with Gasteiger partial charge in [-0.1, -0.05) is 0 Å². The number of aliphatic carboxylic acids is 1. The van der Waals surface area contributed by atoms with Gasteiger partial charge in [-0.15, -0.1) is 0 Å². The van der Waals surface area contributed by atoms with Crippen molar-refractivity contribution in [1.82, 2.24) is 5.32 Å². The highest BCUT2D eigenvalue weighted by Gasteiger charge is 2.21. The van der Waals surface area contributed by atoms with Crippen molar-refractivity contribution in [3.8, 4) is 0 Å². The molecule has 88 valence electrons. The summed E-state index contributed by atoms with van der Waals surface area (Å²) in [7, 11) is 0. The van der Waals surface area contributed by atoms with Gasteiger partial charge in [0.05, 0.1) is 26.1 Å². The van der Waals surface area contributed by atoms with E-state index in [1.165, 1.54) is 0 Å². The molecule has 0 aromatic rings. The van der Waals surface area contributed by atoms with Crippen LogP contribution in [0.3, 0.4) is 0 Å². The van der Waals surface area contributed by atoms with Crippen LogP contribution in [0.4, 0.5) is 0 Å². The van der Waals surface area contributed by atoms with Gasteiger partial charge < -0.3 is 20.3 Å². The lowest BCUT2D eigenvalue weighted by Gasteiger charge is -2.38. The van der Waals surface area contributed by atoms with Crippen molar-refractivity contribution in [2.75, 3.05) is 32.7 Å². The summed E-state index contributed by atoms with van der Waals surface area (Å²) in [6.07, 6.45) is 3.09. The lowest BCUT2D eigenvalue weighted by atomic mass is 10.3. The second-order valence-corrected chi connectivity index (χ2v) is 4.18. The van der Waals surface area contributed by atoms with E-state index in [-0.39, 0.29) is 11.1 Å². The molecule has 0 radical (unpaired) electrons. The van der Waals surface area contributed by atoms with Crippen LogP contribution in [0.5, 0.6) is 0 Å². The number of carbonyl (C=O) groups is 1. The zero-order valence-electron chi connectivity index (χ0n) is 9.07. The van der Waals surface area contributed by atoms with Crippen molar-refractivity contribution in [1.29, 1.82) is 0 Å². The first-order valence-electron chi connectivity index (χ1n) is 5.62. The van der Waals surface area contributed by atoms with Gasteiger partial charge in [-0.05, 0) is 0 Å². The highest BCUT2D eigenvalue weighted by atomic mass is 16.5. The van der Waals surface area contributed by atoms with E-state index in [4.69, 9.17) is 5.11 Å². The number of hydrogen-bond acceptors (Lipinski definition) is 3. The van der Waals surface area contributed by atoms with Crippen LogP contribution in [-0.2, 0) is 4.79 Å². The summed E-state index contributed by atoms with van der Waals surface area (Å²) in [6, 6.07) is 0. The van der Waals surface area contributed by atoms with Crippen LogP contribution < -0.4 is 5.32 Å². The molecule has 1 aliphatic rings. The maximum atomic E-state index is 11.9. The van der Waals surface area contributed by atoms with Crippen LogP contribution in [0, 0.1) is 5.21 Å². The first kappa shape index (κ1) is 12.4. The van der Waals surface area contributed by atoms with Crippen LogP contribution in [-0.4, -0.2) is 48.4 Å². The number of carboxylic acid groups (broad SMARTS) is 1. The van der Waals surface area contributed by atoms with E-state index >= 15 is 0 Å². The van der Waals surface area contributed by atoms with E-state index in [2.05, 4.69) is 5.32 Å². The summed E-state index contributed by atoms with van der Waals surface area (Å²) in [5.74, 6) is -0.783. The van der Waals surface area contributed by atoms with Gasteiger partial charge in [0, 0.05) is 32.4 Å². The third-order valence-corrected chi connectivity index (χ3v) is 2.82. The Balaban J connectivity index is 1.94. The Morgan fingerprint density at radius 2 is 2.00 bits per heavy atom. The zero-order valence-corrected chi connectivity index (χ0v) is 9.07. The van der Waals surface area contributed by atoms with Gasteiger partial charge in [-0.2, -0.15) is 0 Å². The van der Waals surface area contributed by atoms with Crippen molar-refractivity contribution in [2.24, 2.45) is 0 Å². The first-order chi connectivity index (χ1) is 7.12. The predicted octanol–water partition coefficient (Wildman–Crippen LogP) is 0.549. The molecule has 1 saturated heterocycles. The largest absolute Gasteiger partial charge is 0.633 e. The first-order valence-corrected chi connectivity index (χ1v) is 5.62. The van der Waals surface area contributed by atoms with Gasteiger partial charge in [0.25, 0.3) is 0 Å². The van der Waals surface area contributed by atoms with E-state index in [1.54, 1.807) is 0 Å². The third kappa shape index (κ3) is 5.11. The molecule has 5 nitrogen and oxygen atoms in total. The molecule has 1 heterocycles. The van der Waals surface area contributed by atoms with Crippen LogP contribution in [0.25, 0.3) is 0 Å². The molecule has 5 heteroatoms. The Kier molecular flexibility index (Phi) is 5.01. The summed E-state index contributed by atoms with van der Waals surface area (Å²) in [5, 5.41) is 23.3. The molecule has 0 aromatic heterocycles. The Labute approximate surface area is 90.2 Å². The Hall–Kier alpha value is -0.650. The molecule has 0 aliphatic carbocycles. The summed E-state index contributed by atoms with van der Waals surface area (Å²) < 4.78 is -0.0411. The third-order valence-electron chi connectivity index (χ3n) is 2.82. The molecule has 2 N–H and O–H groups in total. The lowest BCUT2D eigenvalue weighted by molar-refractivity contribution is -0.868. The van der Waals surface area contributed by atoms with Gasteiger partial charge in [-0.3, -0.25) is 4.79 Å². The molecule has 1 rings (SSSR count).